The van der Waals surface area contributed by atoms with Crippen molar-refractivity contribution in [2.45, 2.75) is 66.2 Å². The van der Waals surface area contributed by atoms with E-state index in [4.69, 9.17) is 0 Å². The molecular weight excluding hydrogens is 822 g/mol. The zero-order valence-corrected chi connectivity index (χ0v) is 40.2. The summed E-state index contributed by atoms with van der Waals surface area (Å²) in [5.41, 5.74) is 27.8. The van der Waals surface area contributed by atoms with E-state index in [1.165, 1.54) is 128 Å². The number of aromatic nitrogens is 1. The molecule has 3 nitrogen and oxygen atoms in total. The van der Waals surface area contributed by atoms with Crippen LogP contribution in [-0.4, -0.2) is 11.3 Å². The Morgan fingerprint density at radius 1 is 0.456 bits per heavy atom. The maximum absolute atomic E-state index is 2.62. The van der Waals surface area contributed by atoms with Crippen LogP contribution in [0.15, 0.2) is 182 Å². The van der Waals surface area contributed by atoms with Crippen LogP contribution >= 0.6 is 0 Å². The van der Waals surface area contributed by atoms with Gasteiger partial charge in [-0.3, -0.25) is 0 Å². The lowest BCUT2D eigenvalue weighted by Gasteiger charge is -2.45. The summed E-state index contributed by atoms with van der Waals surface area (Å²) in [7, 11) is 0. The zero-order valence-electron chi connectivity index (χ0n) is 40.2. The van der Waals surface area contributed by atoms with Crippen molar-refractivity contribution >= 4 is 79.0 Å². The van der Waals surface area contributed by atoms with Gasteiger partial charge in [-0.15, -0.1) is 0 Å². The summed E-state index contributed by atoms with van der Waals surface area (Å²) < 4.78 is 2.47. The normalized spacial score (nSPS) is 14.2. The van der Waals surface area contributed by atoms with Crippen LogP contribution in [0, 0.1) is 20.8 Å². The van der Waals surface area contributed by atoms with Crippen LogP contribution in [0.25, 0.3) is 49.7 Å². The molecule has 0 fully saturated rings. The first-order chi connectivity index (χ1) is 32.9. The van der Waals surface area contributed by atoms with Gasteiger partial charge in [-0.25, -0.2) is 0 Å². The summed E-state index contributed by atoms with van der Waals surface area (Å²) in [6.07, 6.45) is 0. The molecule has 0 radical (unpaired) electrons. The quantitative estimate of drug-likeness (QED) is 0.163. The maximum atomic E-state index is 2.62. The molecule has 3 aliphatic rings. The van der Waals surface area contributed by atoms with E-state index >= 15 is 0 Å². The third kappa shape index (κ3) is 5.79. The number of hydrogen-bond donors (Lipinski definition) is 0. The summed E-state index contributed by atoms with van der Waals surface area (Å²) in [6.45, 7) is 18.7. The van der Waals surface area contributed by atoms with Crippen molar-refractivity contribution in [1.29, 1.82) is 0 Å². The minimum absolute atomic E-state index is 0.0250. The van der Waals surface area contributed by atoms with Crippen LogP contribution in [0.3, 0.4) is 0 Å². The van der Waals surface area contributed by atoms with E-state index in [0.29, 0.717) is 0 Å². The van der Waals surface area contributed by atoms with Crippen LogP contribution in [-0.2, 0) is 10.8 Å². The molecule has 9 aromatic carbocycles. The molecule has 0 N–H and O–H groups in total. The van der Waals surface area contributed by atoms with E-state index in [0.717, 1.165) is 5.69 Å². The van der Waals surface area contributed by atoms with Gasteiger partial charge < -0.3 is 14.4 Å². The van der Waals surface area contributed by atoms with Crippen LogP contribution in [0.1, 0.15) is 68.0 Å². The van der Waals surface area contributed by atoms with Gasteiger partial charge in [0.25, 0.3) is 6.71 Å². The van der Waals surface area contributed by atoms with E-state index in [1.54, 1.807) is 0 Å². The predicted octanol–water partition coefficient (Wildman–Crippen LogP) is 15.1. The molecular formula is C64H54BN3. The summed E-state index contributed by atoms with van der Waals surface area (Å²) in [5.74, 6) is 0. The first-order valence-corrected chi connectivity index (χ1v) is 24.3. The maximum Gasteiger partial charge on any atom is 0.252 e. The minimum Gasteiger partial charge on any atom is -0.311 e. The van der Waals surface area contributed by atoms with Gasteiger partial charge in [0.05, 0.1) is 16.7 Å². The van der Waals surface area contributed by atoms with Gasteiger partial charge in [-0.2, -0.15) is 0 Å². The topological polar surface area (TPSA) is 11.4 Å². The van der Waals surface area contributed by atoms with E-state index in [2.05, 4.69) is 252 Å². The summed E-state index contributed by atoms with van der Waals surface area (Å²) in [4.78, 5) is 5.24. The fourth-order valence-electron chi connectivity index (χ4n) is 12.4. The van der Waals surface area contributed by atoms with Crippen LogP contribution in [0.5, 0.6) is 0 Å². The first-order valence-electron chi connectivity index (χ1n) is 24.3. The molecule has 2 aliphatic heterocycles. The summed E-state index contributed by atoms with van der Waals surface area (Å²) >= 11 is 0. The van der Waals surface area contributed by atoms with Crippen molar-refractivity contribution in [1.82, 2.24) is 4.57 Å². The average Bonchev–Trinajstić information content (AvgIpc) is 3.78. The molecule has 0 bridgehead atoms. The highest BCUT2D eigenvalue weighted by Gasteiger charge is 2.45. The second-order valence-electron chi connectivity index (χ2n) is 21.2. The van der Waals surface area contributed by atoms with Crippen LogP contribution in [0.2, 0.25) is 0 Å². The molecule has 0 amide bonds. The Hall–Kier alpha value is -7.56. The summed E-state index contributed by atoms with van der Waals surface area (Å²) in [6, 6.07) is 69.1. The smallest absolute Gasteiger partial charge is 0.252 e. The van der Waals surface area contributed by atoms with Crippen molar-refractivity contribution in [2.24, 2.45) is 0 Å². The highest BCUT2D eigenvalue weighted by Crippen LogP contribution is 2.53. The minimum atomic E-state index is -0.154. The predicted molar refractivity (Wildman–Crippen MR) is 291 cm³/mol. The Bertz CT molecular complexity index is 3720. The molecule has 3 heterocycles. The third-order valence-corrected chi connectivity index (χ3v) is 15.5. The highest BCUT2D eigenvalue weighted by atomic mass is 15.2. The largest absolute Gasteiger partial charge is 0.311 e. The third-order valence-electron chi connectivity index (χ3n) is 15.5. The molecule has 1 aromatic heterocycles. The van der Waals surface area contributed by atoms with E-state index in [-0.39, 0.29) is 17.5 Å². The number of para-hydroxylation sites is 2. The van der Waals surface area contributed by atoms with Crippen molar-refractivity contribution < 1.29 is 0 Å². The van der Waals surface area contributed by atoms with Crippen LogP contribution < -0.4 is 26.2 Å². The number of aryl methyl sites for hydroxylation is 3. The molecule has 0 atom stereocenters. The average molecular weight is 876 g/mol. The Balaban J connectivity index is 1.15. The molecule has 0 unspecified atom stereocenters. The summed E-state index contributed by atoms with van der Waals surface area (Å²) in [5, 5.41) is 2.53. The Kier molecular flexibility index (Phi) is 8.66. The number of benzene rings is 9. The van der Waals surface area contributed by atoms with Crippen molar-refractivity contribution in [3.05, 3.63) is 215 Å². The number of nitrogens with zero attached hydrogens (tertiary/aromatic N) is 3. The van der Waals surface area contributed by atoms with Crippen LogP contribution in [0.4, 0.5) is 34.1 Å². The molecule has 1 aliphatic carbocycles. The van der Waals surface area contributed by atoms with Crippen molar-refractivity contribution in [3.63, 3.8) is 0 Å². The molecule has 13 rings (SSSR count). The Morgan fingerprint density at radius 3 is 1.85 bits per heavy atom. The standard InChI is InChI=1S/C64H54BN3/c1-39-31-59-61-60(32-39)68(62-40(2)33-43(34-41(62)3)42-19-11-9-12-20-42)56-30-27-44(63(4,5)6)35-53(56)65(61)54-37-50-49-24-16-18-26-55(49)66(45-21-13-10-14-22-45)57(50)38-58(54)67(59)46-28-29-48-47-23-15-17-25-51(47)64(7,8)52(48)36-46/h9-38H,1-8H3. The lowest BCUT2D eigenvalue weighted by molar-refractivity contribution is 0.591. The Labute approximate surface area is 401 Å². The number of fused-ring (bicyclic) bond motifs is 10. The number of rotatable bonds is 4. The van der Waals surface area contributed by atoms with Gasteiger partial charge in [-0.05, 0) is 165 Å². The van der Waals surface area contributed by atoms with Gasteiger partial charge >= 0.3 is 0 Å². The zero-order chi connectivity index (χ0) is 46.4. The molecule has 0 saturated carbocycles. The SMILES string of the molecule is Cc1cc2c3c(c1)N(c1c(C)cc(-c4ccccc4)cc1C)c1ccc(C(C)(C)C)cc1B3c1cc3c4ccccc4n(-c4ccccc4)c3cc1N2c1ccc2c(c1)C(C)(C)c1ccccc1-2. The highest BCUT2D eigenvalue weighted by molar-refractivity contribution is 7.00. The second kappa shape index (κ2) is 14.5. The van der Waals surface area contributed by atoms with E-state index < -0.39 is 0 Å². The van der Waals surface area contributed by atoms with Gasteiger partial charge in [0.15, 0.2) is 0 Å². The van der Waals surface area contributed by atoms with Gasteiger partial charge in [-0.1, -0.05) is 150 Å². The Morgan fingerprint density at radius 2 is 1.10 bits per heavy atom. The molecule has 68 heavy (non-hydrogen) atoms. The van der Waals surface area contributed by atoms with Gasteiger partial charge in [0, 0.05) is 50.3 Å². The van der Waals surface area contributed by atoms with E-state index in [9.17, 15) is 0 Å². The number of anilines is 6. The first kappa shape index (κ1) is 40.7. The van der Waals surface area contributed by atoms with Gasteiger partial charge in [0.2, 0.25) is 0 Å². The van der Waals surface area contributed by atoms with Gasteiger partial charge in [0.1, 0.15) is 0 Å². The lowest BCUT2D eigenvalue weighted by Crippen LogP contribution is -2.61. The van der Waals surface area contributed by atoms with E-state index in [1.807, 2.05) is 0 Å². The fourth-order valence-corrected chi connectivity index (χ4v) is 12.4. The molecule has 328 valence electrons. The molecule has 4 heteroatoms. The molecule has 0 saturated heterocycles. The fraction of sp³-hybridized carbons (Fsp3) is 0.156. The molecule has 10 aromatic rings. The van der Waals surface area contributed by atoms with Crippen molar-refractivity contribution in [2.75, 3.05) is 9.80 Å². The number of hydrogen-bond acceptors (Lipinski definition) is 2. The van der Waals surface area contributed by atoms with Crippen molar-refractivity contribution in [3.8, 4) is 27.9 Å². The second-order valence-corrected chi connectivity index (χ2v) is 21.2. The molecule has 0 spiro atoms. The lowest BCUT2D eigenvalue weighted by atomic mass is 9.33. The monoisotopic (exact) mass is 875 g/mol.